The van der Waals surface area contributed by atoms with E-state index in [9.17, 15) is 13.2 Å². The summed E-state index contributed by atoms with van der Waals surface area (Å²) in [5, 5.41) is 15.1. The molecule has 0 aliphatic heterocycles. The summed E-state index contributed by atoms with van der Waals surface area (Å²) in [5.41, 5.74) is -0.962. The summed E-state index contributed by atoms with van der Waals surface area (Å²) in [7, 11) is 0. The van der Waals surface area contributed by atoms with Crippen molar-refractivity contribution >= 4 is 5.69 Å². The largest absolute Gasteiger partial charge is 0.417 e. The molecule has 0 atom stereocenters. The number of nitriles is 1. The van der Waals surface area contributed by atoms with Crippen molar-refractivity contribution in [2.45, 2.75) is 12.7 Å². The van der Waals surface area contributed by atoms with Crippen LogP contribution in [0, 0.1) is 11.3 Å². The molecule has 4 nitrogen and oxygen atoms in total. The molecule has 1 aromatic heterocycles. The molecule has 0 fully saturated rings. The van der Waals surface area contributed by atoms with Gasteiger partial charge in [-0.25, -0.2) is 0 Å². The van der Waals surface area contributed by atoms with Crippen molar-refractivity contribution in [1.82, 2.24) is 5.16 Å². The number of halogens is 3. The van der Waals surface area contributed by atoms with E-state index in [1.807, 2.05) is 0 Å². The molecule has 0 radical (unpaired) electrons. The van der Waals surface area contributed by atoms with Crippen LogP contribution in [0.25, 0.3) is 0 Å². The number of rotatable bonds is 3. The molecule has 0 aliphatic carbocycles. The van der Waals surface area contributed by atoms with Gasteiger partial charge >= 0.3 is 6.18 Å². The minimum Gasteiger partial charge on any atom is -0.378 e. The molecule has 0 amide bonds. The maximum absolute atomic E-state index is 12.6. The van der Waals surface area contributed by atoms with Crippen molar-refractivity contribution in [3.63, 3.8) is 0 Å². The Bertz CT molecular complexity index is 600. The van der Waals surface area contributed by atoms with Crippen molar-refractivity contribution < 1.29 is 17.7 Å². The molecule has 1 N–H and O–H groups in total. The van der Waals surface area contributed by atoms with Crippen molar-refractivity contribution in [3.8, 4) is 6.07 Å². The molecule has 2 rings (SSSR count). The third kappa shape index (κ3) is 3.04. The van der Waals surface area contributed by atoms with E-state index in [4.69, 9.17) is 9.78 Å². The monoisotopic (exact) mass is 267 g/mol. The Kier molecular flexibility index (Phi) is 3.42. The molecule has 1 heterocycles. The van der Waals surface area contributed by atoms with Crippen LogP contribution in [0.5, 0.6) is 0 Å². The summed E-state index contributed by atoms with van der Waals surface area (Å²) in [6, 6.07) is 6.46. The van der Waals surface area contributed by atoms with E-state index in [1.54, 1.807) is 6.07 Å². The van der Waals surface area contributed by atoms with Crippen LogP contribution >= 0.6 is 0 Å². The molecule has 0 saturated carbocycles. The van der Waals surface area contributed by atoms with Crippen molar-refractivity contribution in [2.24, 2.45) is 0 Å². The number of hydrogen-bond acceptors (Lipinski definition) is 4. The maximum atomic E-state index is 12.6. The zero-order chi connectivity index (χ0) is 13.9. The fourth-order valence-corrected chi connectivity index (χ4v) is 1.52. The number of alkyl halides is 3. The van der Waals surface area contributed by atoms with Gasteiger partial charge in [0, 0.05) is 11.8 Å². The van der Waals surface area contributed by atoms with E-state index in [-0.39, 0.29) is 6.54 Å². The highest BCUT2D eigenvalue weighted by atomic mass is 19.4. The van der Waals surface area contributed by atoms with Gasteiger partial charge in [-0.1, -0.05) is 5.16 Å². The van der Waals surface area contributed by atoms with Crippen molar-refractivity contribution in [2.75, 3.05) is 5.32 Å². The first-order valence-electron chi connectivity index (χ1n) is 5.25. The van der Waals surface area contributed by atoms with Crippen LogP contribution in [0.15, 0.2) is 35.0 Å². The van der Waals surface area contributed by atoms with Crippen LogP contribution in [0.1, 0.15) is 16.9 Å². The number of hydrogen-bond donors (Lipinski definition) is 1. The zero-order valence-corrected chi connectivity index (χ0v) is 9.53. The van der Waals surface area contributed by atoms with Gasteiger partial charge in [0.1, 0.15) is 0 Å². The van der Waals surface area contributed by atoms with E-state index >= 15 is 0 Å². The SMILES string of the molecule is N#Cc1cc(NCc2ccno2)ccc1C(F)(F)F. The molecule has 0 bridgehead atoms. The van der Waals surface area contributed by atoms with Gasteiger partial charge < -0.3 is 9.84 Å². The maximum Gasteiger partial charge on any atom is 0.417 e. The van der Waals surface area contributed by atoms with Gasteiger partial charge in [0.2, 0.25) is 0 Å². The number of anilines is 1. The highest BCUT2D eigenvalue weighted by Crippen LogP contribution is 2.33. The summed E-state index contributed by atoms with van der Waals surface area (Å²) < 4.78 is 42.6. The van der Waals surface area contributed by atoms with Gasteiger partial charge in [0.05, 0.1) is 29.9 Å². The van der Waals surface area contributed by atoms with Gasteiger partial charge in [-0.2, -0.15) is 18.4 Å². The average molecular weight is 267 g/mol. The molecular formula is C12H8F3N3O. The number of aromatic nitrogens is 1. The quantitative estimate of drug-likeness (QED) is 0.927. The Balaban J connectivity index is 2.18. The van der Waals surface area contributed by atoms with Gasteiger partial charge in [0.15, 0.2) is 5.76 Å². The summed E-state index contributed by atoms with van der Waals surface area (Å²) >= 11 is 0. The van der Waals surface area contributed by atoms with Crippen molar-refractivity contribution in [1.29, 1.82) is 5.26 Å². The van der Waals surface area contributed by atoms with Crippen LogP contribution in [0.3, 0.4) is 0 Å². The predicted molar refractivity (Wildman–Crippen MR) is 60.0 cm³/mol. The first-order valence-corrected chi connectivity index (χ1v) is 5.25. The lowest BCUT2D eigenvalue weighted by atomic mass is 10.1. The van der Waals surface area contributed by atoms with E-state index < -0.39 is 17.3 Å². The minimum atomic E-state index is -4.53. The second-order valence-corrected chi connectivity index (χ2v) is 3.70. The summed E-state index contributed by atoms with van der Waals surface area (Å²) in [6.45, 7) is 0.274. The van der Waals surface area contributed by atoms with E-state index in [2.05, 4.69) is 10.5 Å². The first kappa shape index (κ1) is 13.0. The number of benzene rings is 1. The van der Waals surface area contributed by atoms with Crippen LogP contribution in [0.2, 0.25) is 0 Å². The van der Waals surface area contributed by atoms with Gasteiger partial charge in [0.25, 0.3) is 0 Å². The van der Waals surface area contributed by atoms with Crippen molar-refractivity contribution in [3.05, 3.63) is 47.3 Å². The average Bonchev–Trinajstić information content (AvgIpc) is 2.88. The molecule has 7 heteroatoms. The van der Waals surface area contributed by atoms with Crippen LogP contribution in [0.4, 0.5) is 18.9 Å². The molecule has 98 valence electrons. The molecule has 0 spiro atoms. The molecule has 0 aliphatic rings. The van der Waals surface area contributed by atoms with Crippen LogP contribution < -0.4 is 5.32 Å². The van der Waals surface area contributed by atoms with E-state index in [0.717, 1.165) is 12.1 Å². The Morgan fingerprint density at radius 1 is 1.32 bits per heavy atom. The summed E-state index contributed by atoms with van der Waals surface area (Å²) in [5.74, 6) is 0.540. The first-order chi connectivity index (χ1) is 9.00. The van der Waals surface area contributed by atoms with Crippen LogP contribution in [-0.2, 0) is 12.7 Å². The second kappa shape index (κ2) is 5.02. The lowest BCUT2D eigenvalue weighted by molar-refractivity contribution is -0.137. The van der Waals surface area contributed by atoms with Gasteiger partial charge in [-0.05, 0) is 18.2 Å². The summed E-state index contributed by atoms with van der Waals surface area (Å²) in [4.78, 5) is 0. The lowest BCUT2D eigenvalue weighted by Crippen LogP contribution is -2.08. The van der Waals surface area contributed by atoms with E-state index in [0.29, 0.717) is 11.4 Å². The van der Waals surface area contributed by atoms with Gasteiger partial charge in [-0.3, -0.25) is 0 Å². The minimum absolute atomic E-state index is 0.274. The fourth-order valence-electron chi connectivity index (χ4n) is 1.52. The molecule has 1 aromatic carbocycles. The second-order valence-electron chi connectivity index (χ2n) is 3.70. The third-order valence-electron chi connectivity index (χ3n) is 2.40. The Morgan fingerprint density at radius 2 is 2.11 bits per heavy atom. The molecule has 19 heavy (non-hydrogen) atoms. The molecule has 0 unspecified atom stereocenters. The smallest absolute Gasteiger partial charge is 0.378 e. The fraction of sp³-hybridized carbons (Fsp3) is 0.167. The van der Waals surface area contributed by atoms with E-state index in [1.165, 1.54) is 18.3 Å². The topological polar surface area (TPSA) is 61.9 Å². The lowest BCUT2D eigenvalue weighted by Gasteiger charge is -2.10. The Morgan fingerprint density at radius 3 is 2.68 bits per heavy atom. The number of nitrogens with one attached hydrogen (secondary N) is 1. The number of nitrogens with zero attached hydrogens (tertiary/aromatic N) is 2. The zero-order valence-electron chi connectivity index (χ0n) is 9.53. The molecule has 2 aromatic rings. The standard InChI is InChI=1S/C12H8F3N3O/c13-12(14,15)11-2-1-9(5-8(11)6-16)17-7-10-3-4-18-19-10/h1-5,17H,7H2. The van der Waals surface area contributed by atoms with Gasteiger partial charge in [-0.15, -0.1) is 0 Å². The Labute approximate surface area is 106 Å². The molecular weight excluding hydrogens is 259 g/mol. The predicted octanol–water partition coefficient (Wildman–Crippen LogP) is 3.18. The highest BCUT2D eigenvalue weighted by molar-refractivity contribution is 5.53. The highest BCUT2D eigenvalue weighted by Gasteiger charge is 2.33. The third-order valence-corrected chi connectivity index (χ3v) is 2.40. The summed E-state index contributed by atoms with van der Waals surface area (Å²) in [6.07, 6.45) is -3.07. The Hall–Kier alpha value is -2.49. The van der Waals surface area contributed by atoms with Crippen LogP contribution in [-0.4, -0.2) is 5.16 Å². The molecule has 0 saturated heterocycles. The normalized spacial score (nSPS) is 11.1.